The Bertz CT molecular complexity index is 529. The lowest BCUT2D eigenvalue weighted by Gasteiger charge is -2.28. The molecule has 0 spiro atoms. The Morgan fingerprint density at radius 2 is 1.88 bits per heavy atom. The highest BCUT2D eigenvalue weighted by Gasteiger charge is 2.30. The number of rotatable bonds is 8. The van der Waals surface area contributed by atoms with Gasteiger partial charge in [-0.25, -0.2) is 8.78 Å². The molecule has 4 nitrogen and oxygen atoms in total. The van der Waals surface area contributed by atoms with Crippen molar-refractivity contribution >= 4 is 17.3 Å². The van der Waals surface area contributed by atoms with Crippen LogP contribution in [0.4, 0.5) is 8.78 Å². The van der Waals surface area contributed by atoms with Crippen LogP contribution in [0.2, 0.25) is 0 Å². The lowest BCUT2D eigenvalue weighted by molar-refractivity contribution is -0.143. The summed E-state index contributed by atoms with van der Waals surface area (Å²) in [7, 11) is 0. The molecule has 0 saturated carbocycles. The first-order chi connectivity index (χ1) is 11.1. The second-order valence-corrected chi connectivity index (χ2v) is 8.45. The van der Waals surface area contributed by atoms with Gasteiger partial charge in [0.05, 0.1) is 12.6 Å². The van der Waals surface area contributed by atoms with Gasteiger partial charge in [-0.15, -0.1) is 4.72 Å². The second kappa shape index (κ2) is 9.34. The molecule has 136 valence electrons. The molecule has 1 N–H and O–H groups in total. The van der Waals surface area contributed by atoms with E-state index in [1.54, 1.807) is 27.7 Å². The molecule has 24 heavy (non-hydrogen) atoms. The summed E-state index contributed by atoms with van der Waals surface area (Å²) in [6.45, 7) is 7.45. The number of nitrogens with one attached hydrogen (secondary N) is 1. The zero-order chi connectivity index (χ0) is 18.3. The molecule has 1 aromatic rings. The van der Waals surface area contributed by atoms with Gasteiger partial charge in [0.2, 0.25) is 0 Å². The van der Waals surface area contributed by atoms with Gasteiger partial charge >= 0.3 is 5.97 Å². The number of hydrogen-bond acceptors (Lipinski definition) is 4. The van der Waals surface area contributed by atoms with Crippen molar-refractivity contribution in [1.29, 1.82) is 0 Å². The van der Waals surface area contributed by atoms with E-state index in [1.165, 1.54) is 12.1 Å². The molecule has 1 aromatic carbocycles. The summed E-state index contributed by atoms with van der Waals surface area (Å²) in [6.07, 6.45) is 1.06. The maximum atomic E-state index is 13.5. The van der Waals surface area contributed by atoms with E-state index in [0.29, 0.717) is 25.0 Å². The van der Waals surface area contributed by atoms with Crippen molar-refractivity contribution in [2.24, 2.45) is 0 Å². The van der Waals surface area contributed by atoms with Crippen molar-refractivity contribution < 1.29 is 22.9 Å². The molecule has 7 heteroatoms. The summed E-state index contributed by atoms with van der Waals surface area (Å²) >= 11 is -1.41. The van der Waals surface area contributed by atoms with Crippen LogP contribution >= 0.6 is 0 Å². The fourth-order valence-corrected chi connectivity index (χ4v) is 2.93. The van der Waals surface area contributed by atoms with E-state index in [0.717, 1.165) is 6.07 Å². The molecule has 0 bridgehead atoms. The molecule has 0 aliphatic carbocycles. The monoisotopic (exact) mass is 361 g/mol. The molecular formula is C17H25F2NO3S. The van der Waals surface area contributed by atoms with Gasteiger partial charge in [-0.2, -0.15) is 0 Å². The molecule has 0 heterocycles. The molecule has 0 unspecified atom stereocenters. The van der Waals surface area contributed by atoms with Crippen LogP contribution < -0.4 is 4.72 Å². The summed E-state index contributed by atoms with van der Waals surface area (Å²) in [6, 6.07) is 2.69. The van der Waals surface area contributed by atoms with Gasteiger partial charge in [0.1, 0.15) is 16.4 Å². The molecule has 0 fully saturated rings. The van der Waals surface area contributed by atoms with E-state index in [9.17, 15) is 18.1 Å². The molecular weight excluding hydrogens is 336 g/mol. The Labute approximate surface area is 145 Å². The first-order valence-electron chi connectivity index (χ1n) is 7.93. The number of benzene rings is 1. The zero-order valence-corrected chi connectivity index (χ0v) is 15.3. The van der Waals surface area contributed by atoms with E-state index < -0.39 is 33.8 Å². The maximum absolute atomic E-state index is 13.5. The average Bonchev–Trinajstić information content (AvgIpc) is 2.44. The van der Waals surface area contributed by atoms with Crippen LogP contribution in [-0.4, -0.2) is 21.9 Å². The van der Waals surface area contributed by atoms with Crippen molar-refractivity contribution in [2.45, 2.75) is 57.7 Å². The van der Waals surface area contributed by atoms with E-state index >= 15 is 0 Å². The van der Waals surface area contributed by atoms with Gasteiger partial charge in [-0.05, 0) is 58.2 Å². The predicted molar refractivity (Wildman–Crippen MR) is 90.6 cm³/mol. The predicted octanol–water partition coefficient (Wildman–Crippen LogP) is 3.79. The van der Waals surface area contributed by atoms with Crippen LogP contribution in [0.25, 0.3) is 0 Å². The summed E-state index contributed by atoms with van der Waals surface area (Å²) < 4.78 is 46.6. The lowest BCUT2D eigenvalue weighted by atomic mass is 10.0. The highest BCUT2D eigenvalue weighted by molar-refractivity contribution is 7.90. The Hall–Kier alpha value is -1.18. The smallest absolute Gasteiger partial charge is 0.305 e. The quantitative estimate of drug-likeness (QED) is 0.565. The number of hydrogen-bond donors (Lipinski definition) is 1. The molecule has 1 rings (SSSR count). The van der Waals surface area contributed by atoms with Crippen LogP contribution in [-0.2, 0) is 20.9 Å². The summed E-state index contributed by atoms with van der Waals surface area (Å²) in [5.41, 5.74) is 0.369. The van der Waals surface area contributed by atoms with Gasteiger partial charge in [0.15, 0.2) is 0 Å². The van der Waals surface area contributed by atoms with Gasteiger partial charge in [0.25, 0.3) is 0 Å². The van der Waals surface area contributed by atoms with Crippen LogP contribution in [0, 0.1) is 11.6 Å². The summed E-state index contributed by atoms with van der Waals surface area (Å²) in [5, 5.41) is 0. The molecule has 0 saturated heterocycles. The molecule has 2 atom stereocenters. The normalized spacial score (nSPS) is 14.3. The van der Waals surface area contributed by atoms with E-state index in [-0.39, 0.29) is 12.4 Å². The second-order valence-electron chi connectivity index (χ2n) is 6.45. The standard InChI is InChI=1S/C17H25F2NO3S/c1-5-23-16(21)8-6-7-15(20-24(22)17(2,3)4)12-9-13(18)11-14(19)10-12/h9-11,15,20H,5-8H2,1-4H3/t15-,24-/m0/s1. The topological polar surface area (TPSA) is 61.4 Å². The Balaban J connectivity index is 2.84. The molecule has 0 radical (unpaired) electrons. The van der Waals surface area contributed by atoms with E-state index in [1.807, 2.05) is 0 Å². The Kier molecular flexibility index (Phi) is 8.12. The highest BCUT2D eigenvalue weighted by atomic mass is 32.2. The maximum Gasteiger partial charge on any atom is 0.305 e. The third-order valence-corrected chi connectivity index (χ3v) is 4.88. The minimum atomic E-state index is -1.41. The van der Waals surface area contributed by atoms with Crippen molar-refractivity contribution in [3.8, 4) is 0 Å². The Morgan fingerprint density at radius 3 is 2.38 bits per heavy atom. The van der Waals surface area contributed by atoms with E-state index in [4.69, 9.17) is 4.74 Å². The number of carbonyl (C=O) groups excluding carboxylic acids is 1. The largest absolute Gasteiger partial charge is 0.598 e. The molecule has 0 aromatic heterocycles. The number of ether oxygens (including phenoxy) is 1. The number of carbonyl (C=O) groups is 1. The minimum Gasteiger partial charge on any atom is -0.598 e. The van der Waals surface area contributed by atoms with E-state index in [2.05, 4.69) is 4.72 Å². The van der Waals surface area contributed by atoms with Crippen LogP contribution in [0.1, 0.15) is 58.6 Å². The average molecular weight is 361 g/mol. The van der Waals surface area contributed by atoms with Crippen LogP contribution in [0.15, 0.2) is 18.2 Å². The van der Waals surface area contributed by atoms with Crippen LogP contribution in [0.5, 0.6) is 0 Å². The van der Waals surface area contributed by atoms with Gasteiger partial charge in [-0.1, -0.05) is 0 Å². The molecule has 0 aliphatic heterocycles. The fraction of sp³-hybridized carbons (Fsp3) is 0.588. The molecule has 0 amide bonds. The van der Waals surface area contributed by atoms with Crippen molar-refractivity contribution in [1.82, 2.24) is 4.72 Å². The van der Waals surface area contributed by atoms with Crippen molar-refractivity contribution in [3.05, 3.63) is 35.4 Å². The van der Waals surface area contributed by atoms with Crippen molar-refractivity contribution in [3.63, 3.8) is 0 Å². The third kappa shape index (κ3) is 7.15. The number of halogens is 2. The molecule has 0 aliphatic rings. The summed E-state index contributed by atoms with van der Waals surface area (Å²) in [5.74, 6) is -1.70. The van der Waals surface area contributed by atoms with Crippen LogP contribution in [0.3, 0.4) is 0 Å². The third-order valence-electron chi connectivity index (χ3n) is 3.27. The number of esters is 1. The SMILES string of the molecule is CCOC(=O)CCC[C@H](N[S@@+]([O-])C(C)(C)C)c1cc(F)cc(F)c1. The van der Waals surface area contributed by atoms with Crippen molar-refractivity contribution in [2.75, 3.05) is 6.61 Å². The Morgan fingerprint density at radius 1 is 1.29 bits per heavy atom. The summed E-state index contributed by atoms with van der Waals surface area (Å²) in [4.78, 5) is 11.4. The minimum absolute atomic E-state index is 0.200. The first-order valence-corrected chi connectivity index (χ1v) is 9.08. The van der Waals surface area contributed by atoms with Gasteiger partial charge in [0, 0.05) is 23.8 Å². The zero-order valence-electron chi connectivity index (χ0n) is 14.5. The van der Waals surface area contributed by atoms with Gasteiger partial charge < -0.3 is 9.29 Å². The highest BCUT2D eigenvalue weighted by Crippen LogP contribution is 2.25. The fourth-order valence-electron chi connectivity index (χ4n) is 2.06. The first kappa shape index (κ1) is 20.9. The van der Waals surface area contributed by atoms with Gasteiger partial charge in [-0.3, -0.25) is 4.79 Å². The lowest BCUT2D eigenvalue weighted by Crippen LogP contribution is -2.41.